The van der Waals surface area contributed by atoms with Crippen molar-refractivity contribution in [1.29, 1.82) is 0 Å². The van der Waals surface area contributed by atoms with Gasteiger partial charge in [-0.25, -0.2) is 8.42 Å². The number of halogens is 3. The molecule has 0 bridgehead atoms. The molecule has 1 heterocycles. The lowest BCUT2D eigenvalue weighted by Crippen LogP contribution is -2.39. The van der Waals surface area contributed by atoms with E-state index in [0.717, 1.165) is 6.08 Å². The van der Waals surface area contributed by atoms with Crippen LogP contribution in [0.25, 0.3) is 5.57 Å². The second-order valence-electron chi connectivity index (χ2n) is 8.30. The van der Waals surface area contributed by atoms with Crippen molar-refractivity contribution >= 4 is 15.4 Å². The van der Waals surface area contributed by atoms with Crippen LogP contribution >= 0.6 is 0 Å². The molecule has 2 N–H and O–H groups in total. The fourth-order valence-electron chi connectivity index (χ4n) is 4.15. The fourth-order valence-corrected chi connectivity index (χ4v) is 5.52. The summed E-state index contributed by atoms with van der Waals surface area (Å²) in [5.41, 5.74) is 6.69. The number of rotatable bonds is 7. The maximum absolute atomic E-state index is 13.7. The third-order valence-corrected chi connectivity index (χ3v) is 7.62. The Labute approximate surface area is 202 Å². The van der Waals surface area contributed by atoms with Crippen LogP contribution < -0.4 is 10.5 Å². The molecule has 0 fully saturated rings. The molecule has 1 aliphatic heterocycles. The van der Waals surface area contributed by atoms with E-state index in [1.165, 1.54) is 18.2 Å². The molecule has 1 atom stereocenters. The van der Waals surface area contributed by atoms with Crippen LogP contribution in [0, 0.1) is 0 Å². The van der Waals surface area contributed by atoms with Gasteiger partial charge in [-0.2, -0.15) is 13.2 Å². The lowest BCUT2D eigenvalue weighted by molar-refractivity contribution is -0.0980. The highest BCUT2D eigenvalue weighted by atomic mass is 32.2. The Kier molecular flexibility index (Phi) is 6.91. The zero-order chi connectivity index (χ0) is 25.2. The average molecular weight is 503 g/mol. The third-order valence-electron chi connectivity index (χ3n) is 5.83. The Bertz CT molecular complexity index is 1340. The van der Waals surface area contributed by atoms with Gasteiger partial charge in [0.05, 0.1) is 22.3 Å². The van der Waals surface area contributed by atoms with Crippen molar-refractivity contribution in [3.8, 4) is 11.5 Å². The molecule has 5 nitrogen and oxygen atoms in total. The van der Waals surface area contributed by atoms with Gasteiger partial charge in [-0.15, -0.1) is 0 Å². The van der Waals surface area contributed by atoms with Gasteiger partial charge in [0.25, 0.3) is 0 Å². The van der Waals surface area contributed by atoms with Crippen molar-refractivity contribution in [3.63, 3.8) is 0 Å². The molecule has 0 saturated heterocycles. The minimum absolute atomic E-state index is 0.0524. The monoisotopic (exact) mass is 502 g/mol. The van der Waals surface area contributed by atoms with Gasteiger partial charge in [0, 0.05) is 13.2 Å². The minimum atomic E-state index is -4.45. The van der Waals surface area contributed by atoms with Crippen molar-refractivity contribution in [3.05, 3.63) is 95.7 Å². The normalized spacial score (nSPS) is 17.9. The molecule has 2 aromatic carbocycles. The number of hydrogen-bond donors (Lipinski definition) is 1. The minimum Gasteiger partial charge on any atom is -0.457 e. The van der Waals surface area contributed by atoms with E-state index in [1.807, 2.05) is 0 Å². The number of alkyl halides is 3. The number of ether oxygens (including phenoxy) is 1. The smallest absolute Gasteiger partial charge is 0.415 e. The summed E-state index contributed by atoms with van der Waals surface area (Å²) in [5.74, 6) is 0.719. The quantitative estimate of drug-likeness (QED) is 0.561. The van der Waals surface area contributed by atoms with Crippen LogP contribution in [0.15, 0.2) is 95.1 Å². The average Bonchev–Trinajstić information content (AvgIpc) is 2.82. The summed E-state index contributed by atoms with van der Waals surface area (Å²) < 4.78 is 71.9. The van der Waals surface area contributed by atoms with E-state index < -0.39 is 27.6 Å². The molecule has 2 aromatic rings. The number of allylic oxidation sites excluding steroid dienone is 4. The molecule has 2 aliphatic rings. The first-order valence-corrected chi connectivity index (χ1v) is 12.7. The van der Waals surface area contributed by atoms with Gasteiger partial charge in [0.15, 0.2) is 9.84 Å². The summed E-state index contributed by atoms with van der Waals surface area (Å²) in [6, 6.07) is 12.2. The summed E-state index contributed by atoms with van der Waals surface area (Å²) in [6.45, 7) is 0.278. The molecular formula is C26H25F3N2O3S. The van der Waals surface area contributed by atoms with E-state index in [2.05, 4.69) is 0 Å². The van der Waals surface area contributed by atoms with E-state index in [0.29, 0.717) is 34.6 Å². The molecular weight excluding hydrogens is 477 g/mol. The zero-order valence-corrected chi connectivity index (χ0v) is 19.8. The summed E-state index contributed by atoms with van der Waals surface area (Å²) in [7, 11) is -1.87. The van der Waals surface area contributed by atoms with Crippen LogP contribution in [0.1, 0.15) is 12.0 Å². The van der Waals surface area contributed by atoms with Crippen molar-refractivity contribution in [2.24, 2.45) is 5.73 Å². The Morgan fingerprint density at radius 3 is 2.49 bits per heavy atom. The maximum atomic E-state index is 13.7. The SMILES string of the molecule is CN1C=CC(c2cccc(Oc3cccc(S(=O)(=O)CCCN)c3)c2)=C2C=CC=C(C(F)(F)F)C21. The zero-order valence-electron chi connectivity index (χ0n) is 19.0. The standard InChI is InChI=1S/C26H25F3N2O3S/c1-31-14-12-22(23-10-4-11-24(25(23)31)26(27,28)29)18-6-2-7-19(16-18)34-20-8-3-9-21(17-20)35(32,33)15-5-13-30/h2-4,6-12,14,16-17,25H,5,13,15,30H2,1H3. The van der Waals surface area contributed by atoms with Gasteiger partial charge in [0.1, 0.15) is 11.5 Å². The Balaban J connectivity index is 1.65. The van der Waals surface area contributed by atoms with Gasteiger partial charge in [0.2, 0.25) is 0 Å². The molecule has 0 radical (unpaired) electrons. The number of nitrogens with two attached hydrogens (primary N) is 1. The Morgan fingerprint density at radius 1 is 1.06 bits per heavy atom. The van der Waals surface area contributed by atoms with Crippen LogP contribution in [0.3, 0.4) is 0 Å². The molecule has 35 heavy (non-hydrogen) atoms. The van der Waals surface area contributed by atoms with E-state index in [4.69, 9.17) is 10.5 Å². The highest BCUT2D eigenvalue weighted by Gasteiger charge is 2.43. The summed E-state index contributed by atoms with van der Waals surface area (Å²) >= 11 is 0. The number of hydrogen-bond acceptors (Lipinski definition) is 5. The van der Waals surface area contributed by atoms with Crippen molar-refractivity contribution in [2.45, 2.75) is 23.5 Å². The predicted octanol–water partition coefficient (Wildman–Crippen LogP) is 5.24. The van der Waals surface area contributed by atoms with Crippen LogP contribution in [0.2, 0.25) is 0 Å². The molecule has 1 aliphatic carbocycles. The number of nitrogens with zero attached hydrogens (tertiary/aromatic N) is 1. The Morgan fingerprint density at radius 2 is 1.77 bits per heavy atom. The van der Waals surface area contributed by atoms with E-state index >= 15 is 0 Å². The first kappa shape index (κ1) is 24.8. The van der Waals surface area contributed by atoms with Crippen LogP contribution in [-0.2, 0) is 9.84 Å². The summed E-state index contributed by atoms with van der Waals surface area (Å²) in [6.07, 6.45) is 3.53. The van der Waals surface area contributed by atoms with Gasteiger partial charge < -0.3 is 15.4 Å². The van der Waals surface area contributed by atoms with Gasteiger partial charge in [-0.05, 0) is 66.1 Å². The molecule has 0 saturated carbocycles. The van der Waals surface area contributed by atoms with Crippen LogP contribution in [0.5, 0.6) is 11.5 Å². The van der Waals surface area contributed by atoms with Gasteiger partial charge in [-0.1, -0.05) is 36.4 Å². The topological polar surface area (TPSA) is 72.6 Å². The molecule has 184 valence electrons. The van der Waals surface area contributed by atoms with Crippen LogP contribution in [0.4, 0.5) is 13.2 Å². The van der Waals surface area contributed by atoms with Gasteiger partial charge >= 0.3 is 6.18 Å². The fraction of sp³-hybridized carbons (Fsp3) is 0.231. The molecule has 9 heteroatoms. The maximum Gasteiger partial charge on any atom is 0.415 e. The molecule has 0 aromatic heterocycles. The highest BCUT2D eigenvalue weighted by Crippen LogP contribution is 2.41. The molecule has 0 amide bonds. The first-order valence-electron chi connectivity index (χ1n) is 11.0. The van der Waals surface area contributed by atoms with Gasteiger partial charge in [-0.3, -0.25) is 0 Å². The number of sulfone groups is 1. The number of fused-ring (bicyclic) bond motifs is 1. The third kappa shape index (κ3) is 5.36. The van der Waals surface area contributed by atoms with E-state index in [1.54, 1.807) is 66.7 Å². The molecule has 4 rings (SSSR count). The first-order chi connectivity index (χ1) is 16.6. The lowest BCUT2D eigenvalue weighted by atomic mass is 9.84. The van der Waals surface area contributed by atoms with Crippen molar-refractivity contribution in [2.75, 3.05) is 19.3 Å². The van der Waals surface area contributed by atoms with Crippen LogP contribution in [-0.4, -0.2) is 44.9 Å². The summed E-state index contributed by atoms with van der Waals surface area (Å²) in [4.78, 5) is 1.68. The summed E-state index contributed by atoms with van der Waals surface area (Å²) in [5, 5.41) is 0. The lowest BCUT2D eigenvalue weighted by Gasteiger charge is -2.36. The van der Waals surface area contributed by atoms with E-state index in [9.17, 15) is 21.6 Å². The number of benzene rings is 2. The second kappa shape index (κ2) is 9.75. The van der Waals surface area contributed by atoms with Crippen molar-refractivity contribution < 1.29 is 26.3 Å². The second-order valence-corrected chi connectivity index (χ2v) is 10.4. The van der Waals surface area contributed by atoms with E-state index in [-0.39, 0.29) is 17.2 Å². The largest absolute Gasteiger partial charge is 0.457 e. The molecule has 0 spiro atoms. The number of likely N-dealkylation sites (N-methyl/N-ethyl adjacent to an activating group) is 1. The Hall–Kier alpha value is -3.30. The highest BCUT2D eigenvalue weighted by molar-refractivity contribution is 7.91. The molecule has 1 unspecified atom stereocenters. The predicted molar refractivity (Wildman–Crippen MR) is 130 cm³/mol. The van der Waals surface area contributed by atoms with Crippen molar-refractivity contribution in [1.82, 2.24) is 4.90 Å².